The first-order valence-electron chi connectivity index (χ1n) is 3.25. The number of carbonyl (C=O) groups excluding carboxylic acids is 1. The average Bonchev–Trinajstić information content (AvgIpc) is 1.53. The molecule has 4 nitrogen and oxygen atoms in total. The van der Waals surface area contributed by atoms with Gasteiger partial charge in [0.2, 0.25) is 0 Å². The van der Waals surface area contributed by atoms with Crippen LogP contribution in [0.3, 0.4) is 0 Å². The fourth-order valence-corrected chi connectivity index (χ4v) is 0.435. The zero-order chi connectivity index (χ0) is 9.07. The minimum Gasteiger partial charge on any atom is -0.444 e. The molecule has 0 atom stereocenters. The molecule has 0 spiro atoms. The molecule has 4 heteroatoms. The highest BCUT2D eigenvalue weighted by molar-refractivity contribution is 5.69. The molecule has 0 radical (unpaired) electrons. The predicted molar refractivity (Wildman–Crippen MR) is 42.7 cm³/mol. The quantitative estimate of drug-likeness (QED) is 0.597. The molecule has 0 aromatic carbocycles. The van der Waals surface area contributed by atoms with Gasteiger partial charge in [0.15, 0.2) is 0 Å². The lowest BCUT2D eigenvalue weighted by atomic mass is 10.2. The number of nitrogens with two attached hydrogens (primary N) is 1. The van der Waals surface area contributed by atoms with Gasteiger partial charge in [-0.05, 0) is 20.8 Å². The van der Waals surface area contributed by atoms with Crippen LogP contribution in [0.1, 0.15) is 20.8 Å². The Morgan fingerprint density at radius 1 is 1.55 bits per heavy atom. The van der Waals surface area contributed by atoms with E-state index < -0.39 is 11.7 Å². The van der Waals surface area contributed by atoms with Gasteiger partial charge in [0.25, 0.3) is 0 Å². The summed E-state index contributed by atoms with van der Waals surface area (Å²) < 4.78 is 4.86. The van der Waals surface area contributed by atoms with E-state index in [1.807, 2.05) is 0 Å². The molecule has 0 saturated carbocycles. The van der Waals surface area contributed by atoms with Gasteiger partial charge in [-0.2, -0.15) is 0 Å². The summed E-state index contributed by atoms with van der Waals surface area (Å²) in [6.45, 7) is 8.60. The van der Waals surface area contributed by atoms with Gasteiger partial charge in [-0.25, -0.2) is 4.79 Å². The Hall–Kier alpha value is -1.19. The van der Waals surface area contributed by atoms with Crippen molar-refractivity contribution in [2.45, 2.75) is 26.4 Å². The van der Waals surface area contributed by atoms with E-state index in [1.165, 1.54) is 0 Å². The summed E-state index contributed by atoms with van der Waals surface area (Å²) in [5, 5.41) is 2.22. The Morgan fingerprint density at radius 2 is 2.00 bits per heavy atom. The average molecular weight is 158 g/mol. The van der Waals surface area contributed by atoms with Crippen LogP contribution in [0.15, 0.2) is 12.4 Å². The molecule has 0 unspecified atom stereocenters. The monoisotopic (exact) mass is 158 g/mol. The predicted octanol–water partition coefficient (Wildman–Crippen LogP) is 0.941. The standard InChI is InChI=1S/C7H14N2O2/c1-5(8)9-6(10)11-7(2,3)4/h1,8H2,2-4H3,(H,9,10). The van der Waals surface area contributed by atoms with Crippen LogP contribution in [0.4, 0.5) is 4.79 Å². The molecule has 0 fully saturated rings. The molecule has 11 heavy (non-hydrogen) atoms. The van der Waals surface area contributed by atoms with E-state index in [0.29, 0.717) is 0 Å². The van der Waals surface area contributed by atoms with Crippen molar-refractivity contribution >= 4 is 6.09 Å². The van der Waals surface area contributed by atoms with E-state index >= 15 is 0 Å². The Balaban J connectivity index is 3.80. The molecule has 0 aliphatic carbocycles. The Morgan fingerprint density at radius 3 is 2.27 bits per heavy atom. The van der Waals surface area contributed by atoms with Gasteiger partial charge in [-0.3, -0.25) is 5.32 Å². The van der Waals surface area contributed by atoms with Gasteiger partial charge in [0.05, 0.1) is 5.82 Å². The van der Waals surface area contributed by atoms with Crippen molar-refractivity contribution in [3.8, 4) is 0 Å². The minimum atomic E-state index is -0.579. The maximum atomic E-state index is 10.8. The number of amides is 1. The van der Waals surface area contributed by atoms with Crippen LogP contribution in [0.2, 0.25) is 0 Å². The molecule has 64 valence electrons. The van der Waals surface area contributed by atoms with E-state index in [-0.39, 0.29) is 5.82 Å². The Labute approximate surface area is 66.4 Å². The number of nitrogens with one attached hydrogen (secondary N) is 1. The number of ether oxygens (including phenoxy) is 1. The van der Waals surface area contributed by atoms with Crippen molar-refractivity contribution in [1.29, 1.82) is 0 Å². The molecule has 0 heterocycles. The van der Waals surface area contributed by atoms with Gasteiger partial charge >= 0.3 is 6.09 Å². The molecule has 0 aromatic rings. The van der Waals surface area contributed by atoms with Crippen LogP contribution >= 0.6 is 0 Å². The van der Waals surface area contributed by atoms with Crippen LogP contribution < -0.4 is 11.1 Å². The van der Waals surface area contributed by atoms with E-state index in [4.69, 9.17) is 10.5 Å². The first kappa shape index (κ1) is 9.81. The van der Waals surface area contributed by atoms with Gasteiger partial charge in [0.1, 0.15) is 5.60 Å². The van der Waals surface area contributed by atoms with Crippen molar-refractivity contribution in [1.82, 2.24) is 5.32 Å². The third-order valence-corrected chi connectivity index (χ3v) is 0.662. The van der Waals surface area contributed by atoms with Crippen LogP contribution in [-0.2, 0) is 4.74 Å². The third-order valence-electron chi connectivity index (χ3n) is 0.662. The fraction of sp³-hybridized carbons (Fsp3) is 0.571. The fourth-order valence-electron chi connectivity index (χ4n) is 0.435. The SMILES string of the molecule is C=C(N)NC(=O)OC(C)(C)C. The Bertz CT molecular complexity index is 170. The molecular weight excluding hydrogens is 144 g/mol. The number of hydrogen-bond acceptors (Lipinski definition) is 3. The van der Waals surface area contributed by atoms with Crippen molar-refractivity contribution in [3.05, 3.63) is 12.4 Å². The number of alkyl carbamates (subject to hydrolysis) is 1. The zero-order valence-electron chi connectivity index (χ0n) is 7.10. The molecule has 0 aromatic heterocycles. The second-order valence-corrected chi connectivity index (χ2v) is 3.15. The lowest BCUT2D eigenvalue weighted by Crippen LogP contribution is -2.33. The molecule has 3 N–H and O–H groups in total. The van der Waals surface area contributed by atoms with Crippen LogP contribution in [0.5, 0.6) is 0 Å². The number of rotatable bonds is 1. The summed E-state index contributed by atoms with van der Waals surface area (Å²) in [4.78, 5) is 10.8. The molecule has 0 aliphatic rings. The lowest BCUT2D eigenvalue weighted by Gasteiger charge is -2.19. The van der Waals surface area contributed by atoms with Crippen molar-refractivity contribution in [2.75, 3.05) is 0 Å². The second kappa shape index (κ2) is 3.27. The molecule has 0 rings (SSSR count). The van der Waals surface area contributed by atoms with E-state index in [1.54, 1.807) is 20.8 Å². The zero-order valence-corrected chi connectivity index (χ0v) is 7.10. The normalized spacial score (nSPS) is 10.5. The molecule has 0 bridgehead atoms. The van der Waals surface area contributed by atoms with Crippen molar-refractivity contribution in [3.63, 3.8) is 0 Å². The van der Waals surface area contributed by atoms with Crippen molar-refractivity contribution < 1.29 is 9.53 Å². The smallest absolute Gasteiger partial charge is 0.413 e. The van der Waals surface area contributed by atoms with Gasteiger partial charge in [0, 0.05) is 0 Å². The maximum Gasteiger partial charge on any atom is 0.413 e. The largest absolute Gasteiger partial charge is 0.444 e. The highest BCUT2D eigenvalue weighted by Crippen LogP contribution is 2.06. The summed E-state index contributed by atoms with van der Waals surface area (Å²) in [5.41, 5.74) is 4.61. The first-order chi connectivity index (χ1) is 4.81. The number of carbonyl (C=O) groups is 1. The number of hydrogen-bond donors (Lipinski definition) is 2. The molecule has 1 amide bonds. The summed E-state index contributed by atoms with van der Waals surface area (Å²) in [5.74, 6) is 0.0826. The highest BCUT2D eigenvalue weighted by atomic mass is 16.6. The minimum absolute atomic E-state index is 0.0826. The molecular formula is C7H14N2O2. The van der Waals surface area contributed by atoms with Crippen molar-refractivity contribution in [2.24, 2.45) is 5.73 Å². The van der Waals surface area contributed by atoms with Crippen LogP contribution in [0, 0.1) is 0 Å². The lowest BCUT2D eigenvalue weighted by molar-refractivity contribution is 0.0545. The van der Waals surface area contributed by atoms with Crippen LogP contribution in [0.25, 0.3) is 0 Å². The van der Waals surface area contributed by atoms with Crippen LogP contribution in [-0.4, -0.2) is 11.7 Å². The second-order valence-electron chi connectivity index (χ2n) is 3.15. The van der Waals surface area contributed by atoms with Gasteiger partial charge in [-0.1, -0.05) is 6.58 Å². The highest BCUT2D eigenvalue weighted by Gasteiger charge is 2.15. The van der Waals surface area contributed by atoms with E-state index in [2.05, 4.69) is 11.9 Å². The molecule has 0 aliphatic heterocycles. The van der Waals surface area contributed by atoms with Gasteiger partial charge < -0.3 is 10.5 Å². The Kier molecular flexibility index (Phi) is 2.92. The first-order valence-corrected chi connectivity index (χ1v) is 3.25. The topological polar surface area (TPSA) is 64.3 Å². The summed E-state index contributed by atoms with van der Waals surface area (Å²) >= 11 is 0. The van der Waals surface area contributed by atoms with Gasteiger partial charge in [-0.15, -0.1) is 0 Å². The molecule has 0 saturated heterocycles. The van der Waals surface area contributed by atoms with E-state index in [0.717, 1.165) is 0 Å². The summed E-state index contributed by atoms with van der Waals surface area (Å²) in [6, 6.07) is 0. The third kappa shape index (κ3) is 6.70. The maximum absolute atomic E-state index is 10.8. The summed E-state index contributed by atoms with van der Waals surface area (Å²) in [7, 11) is 0. The summed E-state index contributed by atoms with van der Waals surface area (Å²) in [6.07, 6.45) is -0.579. The van der Waals surface area contributed by atoms with E-state index in [9.17, 15) is 4.79 Å².